The number of benzene rings is 1. The Hall–Kier alpha value is -2.76. The summed E-state index contributed by atoms with van der Waals surface area (Å²) in [5, 5.41) is 0. The summed E-state index contributed by atoms with van der Waals surface area (Å²) in [5.41, 5.74) is 1.93. The van der Waals surface area contributed by atoms with E-state index >= 15 is 0 Å². The largest absolute Gasteiger partial charge is 0.467 e. The summed E-state index contributed by atoms with van der Waals surface area (Å²) in [6.45, 7) is 3.55. The molecule has 0 amide bonds. The molecule has 1 atom stereocenters. The number of fused-ring (bicyclic) bond motifs is 1. The van der Waals surface area contributed by atoms with Crippen LogP contribution in [0.4, 0.5) is 5.69 Å². The Morgan fingerprint density at radius 1 is 1.55 bits per heavy atom. The molecular formula is C16H13NO3. The summed E-state index contributed by atoms with van der Waals surface area (Å²) in [6, 6.07) is 6.91. The quantitative estimate of drug-likeness (QED) is 0.361. The minimum absolute atomic E-state index is 0.0933. The summed E-state index contributed by atoms with van der Waals surface area (Å²) < 4.78 is 4.80. The molecule has 1 heterocycles. The Bertz CT molecular complexity index is 665. The third-order valence-electron chi connectivity index (χ3n) is 3.27. The molecule has 0 fully saturated rings. The van der Waals surface area contributed by atoms with Crippen LogP contribution < -0.4 is 4.90 Å². The minimum atomic E-state index is -1.62. The van der Waals surface area contributed by atoms with E-state index in [1.54, 1.807) is 24.3 Å². The van der Waals surface area contributed by atoms with Crippen molar-refractivity contribution in [3.63, 3.8) is 0 Å². The number of para-hydroxylation sites is 1. The van der Waals surface area contributed by atoms with Gasteiger partial charge in [0.1, 0.15) is 0 Å². The number of nitrogens with zero attached hydrogens (tertiary/aromatic N) is 1. The molecule has 0 bridgehead atoms. The second kappa shape index (κ2) is 5.08. The number of ether oxygens (including phenoxy) is 1. The van der Waals surface area contributed by atoms with Gasteiger partial charge in [-0.05, 0) is 12.1 Å². The molecule has 0 aliphatic carbocycles. The van der Waals surface area contributed by atoms with Gasteiger partial charge in [0.15, 0.2) is 0 Å². The lowest BCUT2D eigenvalue weighted by Crippen LogP contribution is -2.56. The molecule has 4 heteroatoms. The first-order valence-electron chi connectivity index (χ1n) is 5.93. The van der Waals surface area contributed by atoms with Gasteiger partial charge in [-0.1, -0.05) is 24.6 Å². The summed E-state index contributed by atoms with van der Waals surface area (Å²) in [4.78, 5) is 26.5. The van der Waals surface area contributed by atoms with E-state index in [-0.39, 0.29) is 12.3 Å². The van der Waals surface area contributed by atoms with Gasteiger partial charge in [-0.25, -0.2) is 4.79 Å². The number of ketones is 1. The standard InChI is InChI=1S/C16H13NO3/c1-4-10-16(15(19)20-3)14(18)12-8-6-7-9-13(12)17(16)11-5-2/h2,6-10H,1,11H2,3H3. The molecule has 1 unspecified atom stereocenters. The number of esters is 1. The van der Waals surface area contributed by atoms with Crippen molar-refractivity contribution in [2.24, 2.45) is 0 Å². The van der Waals surface area contributed by atoms with Crippen molar-refractivity contribution in [3.8, 4) is 12.3 Å². The van der Waals surface area contributed by atoms with Crippen LogP contribution in [0, 0.1) is 12.3 Å². The topological polar surface area (TPSA) is 46.6 Å². The molecule has 100 valence electrons. The van der Waals surface area contributed by atoms with Crippen molar-refractivity contribution in [2.75, 3.05) is 18.6 Å². The fraction of sp³-hybridized carbons (Fsp3) is 0.188. The fourth-order valence-electron chi connectivity index (χ4n) is 2.43. The van der Waals surface area contributed by atoms with Gasteiger partial charge in [-0.3, -0.25) is 4.79 Å². The van der Waals surface area contributed by atoms with E-state index in [0.29, 0.717) is 11.3 Å². The van der Waals surface area contributed by atoms with E-state index in [1.165, 1.54) is 18.1 Å². The van der Waals surface area contributed by atoms with Crippen molar-refractivity contribution in [1.29, 1.82) is 0 Å². The monoisotopic (exact) mass is 267 g/mol. The van der Waals surface area contributed by atoms with E-state index in [0.717, 1.165) is 0 Å². The first kappa shape index (κ1) is 13.7. The fourth-order valence-corrected chi connectivity index (χ4v) is 2.43. The number of terminal acetylenes is 1. The lowest BCUT2D eigenvalue weighted by Gasteiger charge is -2.31. The first-order valence-corrected chi connectivity index (χ1v) is 5.93. The zero-order valence-electron chi connectivity index (χ0n) is 11.1. The highest BCUT2D eigenvalue weighted by Gasteiger charge is 2.56. The zero-order valence-corrected chi connectivity index (χ0v) is 11.1. The Balaban J connectivity index is 2.74. The van der Waals surface area contributed by atoms with Gasteiger partial charge in [0.05, 0.1) is 13.7 Å². The number of anilines is 1. The molecule has 20 heavy (non-hydrogen) atoms. The van der Waals surface area contributed by atoms with Crippen LogP contribution in [0.15, 0.2) is 42.7 Å². The summed E-state index contributed by atoms with van der Waals surface area (Å²) in [5.74, 6) is 1.37. The predicted molar refractivity (Wildman–Crippen MR) is 75.4 cm³/mol. The number of rotatable bonds is 3. The summed E-state index contributed by atoms with van der Waals surface area (Å²) in [6.07, 6.45) is 6.67. The van der Waals surface area contributed by atoms with Crippen molar-refractivity contribution >= 4 is 17.4 Å². The molecule has 4 nitrogen and oxygen atoms in total. The zero-order chi connectivity index (χ0) is 14.8. The SMILES string of the molecule is C#CCN1c2ccccc2C(=O)C1(C=C=C)C(=O)OC. The van der Waals surface area contributed by atoms with Gasteiger partial charge in [0.2, 0.25) is 11.3 Å². The van der Waals surface area contributed by atoms with Gasteiger partial charge >= 0.3 is 5.97 Å². The van der Waals surface area contributed by atoms with Crippen molar-refractivity contribution in [2.45, 2.75) is 5.54 Å². The number of hydrogen-bond donors (Lipinski definition) is 0. The molecule has 2 rings (SSSR count). The van der Waals surface area contributed by atoms with Crippen LogP contribution in [0.3, 0.4) is 0 Å². The average Bonchev–Trinajstić information content (AvgIpc) is 2.71. The first-order chi connectivity index (χ1) is 9.63. The van der Waals surface area contributed by atoms with E-state index in [2.05, 4.69) is 18.2 Å². The van der Waals surface area contributed by atoms with Gasteiger partial charge in [0, 0.05) is 17.3 Å². The average molecular weight is 267 g/mol. The second-order valence-electron chi connectivity index (χ2n) is 4.24. The maximum Gasteiger partial charge on any atom is 0.344 e. The Kier molecular flexibility index (Phi) is 3.47. The van der Waals surface area contributed by atoms with E-state index in [9.17, 15) is 9.59 Å². The molecule has 0 spiro atoms. The molecular weight excluding hydrogens is 254 g/mol. The lowest BCUT2D eigenvalue weighted by atomic mass is 9.92. The highest BCUT2D eigenvalue weighted by molar-refractivity contribution is 6.26. The van der Waals surface area contributed by atoms with Crippen LogP contribution in [0.2, 0.25) is 0 Å². The number of carbonyl (C=O) groups is 2. The maximum absolute atomic E-state index is 12.7. The molecule has 0 aromatic heterocycles. The van der Waals surface area contributed by atoms with Crippen LogP contribution in [-0.4, -0.2) is 30.9 Å². The van der Waals surface area contributed by atoms with Gasteiger partial charge in [0.25, 0.3) is 0 Å². The molecule has 0 radical (unpaired) electrons. The molecule has 1 aliphatic heterocycles. The maximum atomic E-state index is 12.7. The molecule has 0 N–H and O–H groups in total. The molecule has 0 saturated carbocycles. The summed E-state index contributed by atoms with van der Waals surface area (Å²) >= 11 is 0. The van der Waals surface area contributed by atoms with Crippen LogP contribution in [0.5, 0.6) is 0 Å². The number of methoxy groups -OCH3 is 1. The highest BCUT2D eigenvalue weighted by atomic mass is 16.5. The van der Waals surface area contributed by atoms with Crippen molar-refractivity contribution in [3.05, 3.63) is 48.2 Å². The number of carbonyl (C=O) groups excluding carboxylic acids is 2. The van der Waals surface area contributed by atoms with Crippen LogP contribution in [-0.2, 0) is 9.53 Å². The highest BCUT2D eigenvalue weighted by Crippen LogP contribution is 2.40. The number of hydrogen-bond acceptors (Lipinski definition) is 4. The minimum Gasteiger partial charge on any atom is -0.467 e. The molecule has 0 saturated heterocycles. The second-order valence-corrected chi connectivity index (χ2v) is 4.24. The summed E-state index contributed by atoms with van der Waals surface area (Å²) in [7, 11) is 1.23. The molecule has 1 aliphatic rings. The van der Waals surface area contributed by atoms with Gasteiger partial charge in [-0.15, -0.1) is 12.2 Å². The van der Waals surface area contributed by atoms with Crippen molar-refractivity contribution in [1.82, 2.24) is 0 Å². The van der Waals surface area contributed by atoms with Gasteiger partial charge < -0.3 is 9.64 Å². The van der Waals surface area contributed by atoms with E-state index in [1.807, 2.05) is 0 Å². The molecule has 1 aromatic carbocycles. The lowest BCUT2D eigenvalue weighted by molar-refractivity contribution is -0.143. The van der Waals surface area contributed by atoms with Crippen LogP contribution in [0.25, 0.3) is 0 Å². The van der Waals surface area contributed by atoms with E-state index in [4.69, 9.17) is 11.2 Å². The van der Waals surface area contributed by atoms with Gasteiger partial charge in [-0.2, -0.15) is 0 Å². The Morgan fingerprint density at radius 3 is 2.85 bits per heavy atom. The Morgan fingerprint density at radius 2 is 2.25 bits per heavy atom. The third-order valence-corrected chi connectivity index (χ3v) is 3.27. The number of Topliss-reactive ketones (excluding diaryl/α,β-unsaturated/α-hetero) is 1. The third kappa shape index (κ3) is 1.65. The van der Waals surface area contributed by atoms with Crippen molar-refractivity contribution < 1.29 is 14.3 Å². The Labute approximate surface area is 117 Å². The molecule has 1 aromatic rings. The normalized spacial score (nSPS) is 19.8. The smallest absolute Gasteiger partial charge is 0.344 e. The van der Waals surface area contributed by atoms with E-state index < -0.39 is 11.5 Å². The van der Waals surface area contributed by atoms with Crippen LogP contribution in [0.1, 0.15) is 10.4 Å². The van der Waals surface area contributed by atoms with Crippen LogP contribution >= 0.6 is 0 Å². The predicted octanol–water partition coefficient (Wildman–Crippen LogP) is 1.58.